The van der Waals surface area contributed by atoms with Crippen LogP contribution in [0.2, 0.25) is 10.0 Å². The number of ether oxygens (including phenoxy) is 1. The van der Waals surface area contributed by atoms with Crippen LogP contribution in [0.1, 0.15) is 21.9 Å². The van der Waals surface area contributed by atoms with Crippen molar-refractivity contribution in [1.29, 1.82) is 0 Å². The number of methoxy groups -OCH3 is 1. The Morgan fingerprint density at radius 1 is 1.18 bits per heavy atom. The van der Waals surface area contributed by atoms with Gasteiger partial charge in [-0.05, 0) is 31.2 Å². The van der Waals surface area contributed by atoms with E-state index in [0.717, 1.165) is 0 Å². The van der Waals surface area contributed by atoms with Crippen LogP contribution in [-0.2, 0) is 21.3 Å². The molecule has 1 aliphatic rings. The lowest BCUT2D eigenvalue weighted by Gasteiger charge is -2.33. The third-order valence-corrected chi connectivity index (χ3v) is 7.21. The zero-order chi connectivity index (χ0) is 20.5. The van der Waals surface area contributed by atoms with Gasteiger partial charge >= 0.3 is 5.97 Å². The SMILES string of the molecule is COC(=O)c1cc(CN2CCN(S(=O)(=O)c3cc(Cl)ccc3Cl)CC2)oc1C. The van der Waals surface area contributed by atoms with Gasteiger partial charge in [0.15, 0.2) is 0 Å². The molecule has 0 atom stereocenters. The Labute approximate surface area is 173 Å². The lowest BCUT2D eigenvalue weighted by molar-refractivity contribution is 0.0599. The smallest absolute Gasteiger partial charge is 0.341 e. The largest absolute Gasteiger partial charge is 0.465 e. The first kappa shape index (κ1) is 21.1. The molecular weight excluding hydrogens is 427 g/mol. The maximum atomic E-state index is 12.9. The Bertz CT molecular complexity index is 982. The fourth-order valence-electron chi connectivity index (χ4n) is 3.10. The van der Waals surface area contributed by atoms with Gasteiger partial charge in [-0.1, -0.05) is 23.2 Å². The molecule has 0 aliphatic carbocycles. The topological polar surface area (TPSA) is 80.1 Å². The molecule has 1 aromatic heterocycles. The molecule has 0 amide bonds. The summed E-state index contributed by atoms with van der Waals surface area (Å²) in [5.74, 6) is 0.688. The van der Waals surface area contributed by atoms with E-state index in [1.54, 1.807) is 19.1 Å². The van der Waals surface area contributed by atoms with E-state index >= 15 is 0 Å². The van der Waals surface area contributed by atoms with Crippen molar-refractivity contribution in [3.05, 3.63) is 51.4 Å². The van der Waals surface area contributed by atoms with Gasteiger partial charge in [-0.3, -0.25) is 4.90 Å². The number of nitrogens with zero attached hydrogens (tertiary/aromatic N) is 2. The number of piperazine rings is 1. The number of halogens is 2. The van der Waals surface area contributed by atoms with Crippen LogP contribution in [-0.4, -0.2) is 56.9 Å². The zero-order valence-electron chi connectivity index (χ0n) is 15.4. The molecule has 0 bridgehead atoms. The number of furan rings is 1. The molecule has 1 aliphatic heterocycles. The van der Waals surface area contributed by atoms with Crippen LogP contribution in [0.3, 0.4) is 0 Å². The Morgan fingerprint density at radius 2 is 1.86 bits per heavy atom. The van der Waals surface area contributed by atoms with Crippen molar-refractivity contribution in [3.8, 4) is 0 Å². The van der Waals surface area contributed by atoms with Crippen LogP contribution in [0, 0.1) is 6.92 Å². The molecule has 0 saturated carbocycles. The normalized spacial score (nSPS) is 16.3. The lowest BCUT2D eigenvalue weighted by atomic mass is 10.2. The van der Waals surface area contributed by atoms with Gasteiger partial charge in [0.1, 0.15) is 22.0 Å². The van der Waals surface area contributed by atoms with E-state index in [0.29, 0.717) is 54.8 Å². The number of carbonyl (C=O) groups excluding carboxylic acids is 1. The lowest BCUT2D eigenvalue weighted by Crippen LogP contribution is -2.48. The number of hydrogen-bond donors (Lipinski definition) is 0. The van der Waals surface area contributed by atoms with Crippen LogP contribution in [0.4, 0.5) is 0 Å². The molecule has 0 radical (unpaired) electrons. The molecule has 3 rings (SSSR count). The summed E-state index contributed by atoms with van der Waals surface area (Å²) >= 11 is 12.0. The van der Waals surface area contributed by atoms with Gasteiger partial charge in [-0.2, -0.15) is 4.31 Å². The predicted octanol–water partition coefficient (Wildman–Crippen LogP) is 3.19. The van der Waals surface area contributed by atoms with E-state index < -0.39 is 16.0 Å². The first-order valence-corrected chi connectivity index (χ1v) is 10.8. The zero-order valence-corrected chi connectivity index (χ0v) is 17.8. The highest BCUT2D eigenvalue weighted by Crippen LogP contribution is 2.28. The summed E-state index contributed by atoms with van der Waals surface area (Å²) in [5.41, 5.74) is 0.398. The second kappa shape index (κ2) is 8.42. The summed E-state index contributed by atoms with van der Waals surface area (Å²) in [4.78, 5) is 13.8. The number of hydrogen-bond acceptors (Lipinski definition) is 6. The average Bonchev–Trinajstić information content (AvgIpc) is 3.03. The molecule has 0 N–H and O–H groups in total. The Kier molecular flexibility index (Phi) is 6.36. The van der Waals surface area contributed by atoms with Crippen molar-refractivity contribution in [2.24, 2.45) is 0 Å². The van der Waals surface area contributed by atoms with Gasteiger partial charge in [0.05, 0.1) is 18.7 Å². The van der Waals surface area contributed by atoms with E-state index in [-0.39, 0.29) is 9.92 Å². The summed E-state index contributed by atoms with van der Waals surface area (Å²) in [5, 5.41) is 0.462. The number of esters is 1. The average molecular weight is 447 g/mol. The molecule has 2 aromatic rings. The van der Waals surface area contributed by atoms with Crippen molar-refractivity contribution in [1.82, 2.24) is 9.21 Å². The predicted molar refractivity (Wildman–Crippen MR) is 105 cm³/mol. The first-order valence-electron chi connectivity index (χ1n) is 8.57. The Hall–Kier alpha value is -1.58. The fraction of sp³-hybridized carbons (Fsp3) is 0.389. The second-order valence-electron chi connectivity index (χ2n) is 6.43. The van der Waals surface area contributed by atoms with Crippen LogP contribution >= 0.6 is 23.2 Å². The highest BCUT2D eigenvalue weighted by molar-refractivity contribution is 7.89. The van der Waals surface area contributed by atoms with Crippen LogP contribution in [0.15, 0.2) is 33.6 Å². The Balaban J connectivity index is 1.66. The molecule has 0 spiro atoms. The second-order valence-corrected chi connectivity index (χ2v) is 9.18. The third kappa shape index (κ3) is 4.36. The molecule has 0 unspecified atom stereocenters. The minimum atomic E-state index is -3.72. The maximum Gasteiger partial charge on any atom is 0.341 e. The highest BCUT2D eigenvalue weighted by Gasteiger charge is 2.30. The standard InChI is InChI=1S/C18H20Cl2N2O5S/c1-12-15(18(23)26-2)10-14(27-12)11-21-5-7-22(8-6-21)28(24,25)17-9-13(19)3-4-16(17)20/h3-4,9-10H,5-8,11H2,1-2H3. The minimum Gasteiger partial charge on any atom is -0.465 e. The molecular formula is C18H20Cl2N2O5S. The van der Waals surface area contributed by atoms with E-state index in [2.05, 4.69) is 4.90 Å². The molecule has 1 fully saturated rings. The minimum absolute atomic E-state index is 0.0134. The van der Waals surface area contributed by atoms with E-state index in [4.69, 9.17) is 32.4 Å². The summed E-state index contributed by atoms with van der Waals surface area (Å²) in [6.07, 6.45) is 0. The third-order valence-electron chi connectivity index (χ3n) is 4.60. The van der Waals surface area contributed by atoms with Crippen molar-refractivity contribution in [3.63, 3.8) is 0 Å². The Morgan fingerprint density at radius 3 is 2.50 bits per heavy atom. The number of sulfonamides is 1. The van der Waals surface area contributed by atoms with Crippen molar-refractivity contribution in [2.45, 2.75) is 18.4 Å². The maximum absolute atomic E-state index is 12.9. The summed E-state index contributed by atoms with van der Waals surface area (Å²) in [6, 6.07) is 6.06. The molecule has 1 saturated heterocycles. The number of rotatable bonds is 5. The first-order chi connectivity index (χ1) is 13.2. The fourth-order valence-corrected chi connectivity index (χ4v) is 5.26. The summed E-state index contributed by atoms with van der Waals surface area (Å²) in [7, 11) is -2.40. The summed E-state index contributed by atoms with van der Waals surface area (Å²) in [6.45, 7) is 3.84. The summed E-state index contributed by atoms with van der Waals surface area (Å²) < 4.78 is 37.5. The van der Waals surface area contributed by atoms with Gasteiger partial charge in [-0.15, -0.1) is 0 Å². The van der Waals surface area contributed by atoms with Gasteiger partial charge in [-0.25, -0.2) is 13.2 Å². The molecule has 10 heteroatoms. The number of benzene rings is 1. The van der Waals surface area contributed by atoms with Crippen molar-refractivity contribution < 1.29 is 22.4 Å². The van der Waals surface area contributed by atoms with E-state index in [1.807, 2.05) is 0 Å². The molecule has 152 valence electrons. The van der Waals surface area contributed by atoms with Gasteiger partial charge in [0.2, 0.25) is 10.0 Å². The number of carbonyl (C=O) groups is 1. The van der Waals surface area contributed by atoms with E-state index in [9.17, 15) is 13.2 Å². The van der Waals surface area contributed by atoms with Crippen LogP contribution in [0.5, 0.6) is 0 Å². The number of aryl methyl sites for hydroxylation is 1. The van der Waals surface area contributed by atoms with Gasteiger partial charge < -0.3 is 9.15 Å². The molecule has 2 heterocycles. The monoisotopic (exact) mass is 446 g/mol. The molecule has 28 heavy (non-hydrogen) atoms. The van der Waals surface area contributed by atoms with Gasteiger partial charge in [0.25, 0.3) is 0 Å². The van der Waals surface area contributed by atoms with Crippen LogP contribution < -0.4 is 0 Å². The van der Waals surface area contributed by atoms with Crippen molar-refractivity contribution in [2.75, 3.05) is 33.3 Å². The molecule has 1 aromatic carbocycles. The van der Waals surface area contributed by atoms with Crippen LogP contribution in [0.25, 0.3) is 0 Å². The highest BCUT2D eigenvalue weighted by atomic mass is 35.5. The van der Waals surface area contributed by atoms with Gasteiger partial charge in [0, 0.05) is 31.2 Å². The molecule has 7 nitrogen and oxygen atoms in total. The van der Waals surface area contributed by atoms with E-state index in [1.165, 1.54) is 23.5 Å². The van der Waals surface area contributed by atoms with Crippen molar-refractivity contribution >= 4 is 39.2 Å². The quantitative estimate of drug-likeness (QED) is 0.656.